The van der Waals surface area contributed by atoms with Crippen molar-refractivity contribution in [1.82, 2.24) is 15.2 Å². The van der Waals surface area contributed by atoms with E-state index in [2.05, 4.69) is 10.3 Å². The molecule has 1 atom stereocenters. The third-order valence-corrected chi connectivity index (χ3v) is 4.89. The number of nitrogens with one attached hydrogen (secondary N) is 1. The smallest absolute Gasteiger partial charge is 0.410 e. The first kappa shape index (κ1) is 18.1. The van der Waals surface area contributed by atoms with Gasteiger partial charge in [0.1, 0.15) is 16.0 Å². The Bertz CT molecular complexity index is 683. The molecule has 3 rings (SSSR count). The van der Waals surface area contributed by atoms with E-state index >= 15 is 0 Å². The van der Waals surface area contributed by atoms with Gasteiger partial charge in [-0.2, -0.15) is 0 Å². The predicted octanol–water partition coefficient (Wildman–Crippen LogP) is 2.92. The van der Waals surface area contributed by atoms with Crippen molar-refractivity contribution >= 4 is 29.0 Å². The minimum absolute atomic E-state index is 0.0616. The van der Waals surface area contributed by atoms with Gasteiger partial charge in [-0.3, -0.25) is 0 Å². The molecule has 0 saturated carbocycles. The molecule has 1 aromatic heterocycles. The molecule has 2 heterocycles. The molecule has 0 aliphatic carbocycles. The molecule has 1 N–H and O–H groups in total. The van der Waals surface area contributed by atoms with Crippen molar-refractivity contribution < 1.29 is 14.3 Å². The van der Waals surface area contributed by atoms with Crippen LogP contribution in [-0.2, 0) is 22.6 Å². The Hall–Kier alpha value is -1.67. The minimum atomic E-state index is -0.302. The fourth-order valence-corrected chi connectivity index (χ4v) is 3.46. The number of ether oxygens (including phenoxy) is 2. The number of hydrogen-bond acceptors (Lipinski definition) is 6. The second kappa shape index (κ2) is 9.15. The van der Waals surface area contributed by atoms with Gasteiger partial charge in [-0.05, 0) is 5.56 Å². The zero-order valence-corrected chi connectivity index (χ0v) is 15.3. The Kier molecular flexibility index (Phi) is 6.63. The standard InChI is InChI=1S/C17H20ClN3O3S/c18-15-9-20-16(25-15)10-19-8-14-11-21(6-7-23-14)17(22)24-12-13-4-2-1-3-5-13/h1-5,9,14,19H,6-8,10-12H2. The van der Waals surface area contributed by atoms with Crippen LogP contribution in [0.2, 0.25) is 4.34 Å². The van der Waals surface area contributed by atoms with Crippen LogP contribution in [0.5, 0.6) is 0 Å². The van der Waals surface area contributed by atoms with Gasteiger partial charge in [-0.1, -0.05) is 41.9 Å². The van der Waals surface area contributed by atoms with Gasteiger partial charge in [0.25, 0.3) is 0 Å². The topological polar surface area (TPSA) is 63.7 Å². The molecular formula is C17H20ClN3O3S. The van der Waals surface area contributed by atoms with Crippen LogP contribution < -0.4 is 5.32 Å². The maximum atomic E-state index is 12.2. The molecule has 0 spiro atoms. The number of nitrogens with zero attached hydrogens (tertiary/aromatic N) is 2. The van der Waals surface area contributed by atoms with Crippen LogP contribution in [0.25, 0.3) is 0 Å². The van der Waals surface area contributed by atoms with Gasteiger partial charge in [0.2, 0.25) is 0 Å². The number of amides is 1. The van der Waals surface area contributed by atoms with E-state index in [4.69, 9.17) is 21.1 Å². The summed E-state index contributed by atoms with van der Waals surface area (Å²) in [6.45, 7) is 3.13. The molecule has 1 unspecified atom stereocenters. The Morgan fingerprint density at radius 3 is 3.04 bits per heavy atom. The molecule has 1 saturated heterocycles. The van der Waals surface area contributed by atoms with Crippen molar-refractivity contribution in [2.45, 2.75) is 19.3 Å². The summed E-state index contributed by atoms with van der Waals surface area (Å²) in [7, 11) is 0. The van der Waals surface area contributed by atoms with E-state index in [1.165, 1.54) is 11.3 Å². The number of carbonyl (C=O) groups is 1. The highest BCUT2D eigenvalue weighted by atomic mass is 35.5. The molecule has 0 bridgehead atoms. The van der Waals surface area contributed by atoms with E-state index in [1.54, 1.807) is 11.1 Å². The van der Waals surface area contributed by atoms with Crippen LogP contribution in [0.15, 0.2) is 36.5 Å². The summed E-state index contributed by atoms with van der Waals surface area (Å²) in [5.74, 6) is 0. The number of benzene rings is 1. The summed E-state index contributed by atoms with van der Waals surface area (Å²) in [5, 5.41) is 4.22. The first-order valence-corrected chi connectivity index (χ1v) is 9.28. The minimum Gasteiger partial charge on any atom is -0.445 e. The maximum Gasteiger partial charge on any atom is 0.410 e. The Morgan fingerprint density at radius 1 is 1.44 bits per heavy atom. The number of aromatic nitrogens is 1. The highest BCUT2D eigenvalue weighted by Crippen LogP contribution is 2.17. The Labute approximate surface area is 155 Å². The molecule has 1 amide bonds. The summed E-state index contributed by atoms with van der Waals surface area (Å²) in [6, 6.07) is 9.66. The van der Waals surface area contributed by atoms with Crippen LogP contribution >= 0.6 is 22.9 Å². The fraction of sp³-hybridized carbons (Fsp3) is 0.412. The largest absolute Gasteiger partial charge is 0.445 e. The van der Waals surface area contributed by atoms with Gasteiger partial charge in [0.15, 0.2) is 0 Å². The lowest BCUT2D eigenvalue weighted by Crippen LogP contribution is -2.49. The highest BCUT2D eigenvalue weighted by molar-refractivity contribution is 7.15. The van der Waals surface area contributed by atoms with Gasteiger partial charge in [0, 0.05) is 19.6 Å². The van der Waals surface area contributed by atoms with Gasteiger partial charge in [-0.15, -0.1) is 11.3 Å². The van der Waals surface area contributed by atoms with Crippen LogP contribution in [0.3, 0.4) is 0 Å². The number of rotatable bonds is 6. The second-order valence-electron chi connectivity index (χ2n) is 5.67. The molecule has 2 aromatic rings. The quantitative estimate of drug-likeness (QED) is 0.833. The van der Waals surface area contributed by atoms with Gasteiger partial charge in [-0.25, -0.2) is 9.78 Å². The summed E-state index contributed by atoms with van der Waals surface area (Å²) in [4.78, 5) is 18.1. The van der Waals surface area contributed by atoms with E-state index in [9.17, 15) is 4.79 Å². The molecule has 1 aliphatic heterocycles. The highest BCUT2D eigenvalue weighted by Gasteiger charge is 2.25. The first-order valence-electron chi connectivity index (χ1n) is 8.09. The van der Waals surface area contributed by atoms with Crippen LogP contribution in [0.4, 0.5) is 4.79 Å². The third kappa shape index (κ3) is 5.67. The number of hydrogen-bond donors (Lipinski definition) is 1. The van der Waals surface area contributed by atoms with Gasteiger partial charge >= 0.3 is 6.09 Å². The molecule has 1 aromatic carbocycles. The van der Waals surface area contributed by atoms with Crippen LogP contribution in [-0.4, -0.2) is 48.3 Å². The molecular weight excluding hydrogens is 362 g/mol. The molecule has 0 radical (unpaired) electrons. The molecule has 8 heteroatoms. The lowest BCUT2D eigenvalue weighted by atomic mass is 10.2. The van der Waals surface area contributed by atoms with Crippen molar-refractivity contribution in [3.8, 4) is 0 Å². The van der Waals surface area contributed by atoms with Crippen LogP contribution in [0, 0.1) is 0 Å². The average Bonchev–Trinajstić information content (AvgIpc) is 3.06. The number of halogens is 1. The lowest BCUT2D eigenvalue weighted by molar-refractivity contribution is -0.0271. The number of carbonyl (C=O) groups excluding carboxylic acids is 1. The second-order valence-corrected chi connectivity index (χ2v) is 7.41. The maximum absolute atomic E-state index is 12.2. The van der Waals surface area contributed by atoms with Crippen LogP contribution in [0.1, 0.15) is 10.6 Å². The van der Waals surface area contributed by atoms with E-state index in [-0.39, 0.29) is 18.8 Å². The van der Waals surface area contributed by atoms with Crippen molar-refractivity contribution in [1.29, 1.82) is 0 Å². The summed E-state index contributed by atoms with van der Waals surface area (Å²) < 4.78 is 11.8. The van der Waals surface area contributed by atoms with E-state index in [0.29, 0.717) is 37.1 Å². The zero-order chi connectivity index (χ0) is 17.5. The molecule has 25 heavy (non-hydrogen) atoms. The van der Waals surface area contributed by atoms with Crippen molar-refractivity contribution in [3.05, 3.63) is 51.4 Å². The summed E-state index contributed by atoms with van der Waals surface area (Å²) in [6.07, 6.45) is 1.28. The molecule has 134 valence electrons. The predicted molar refractivity (Wildman–Crippen MR) is 96.8 cm³/mol. The Balaban J connectivity index is 1.40. The number of thiazole rings is 1. The van der Waals surface area contributed by atoms with Crippen molar-refractivity contribution in [3.63, 3.8) is 0 Å². The first-order chi connectivity index (χ1) is 12.2. The SMILES string of the molecule is O=C(OCc1ccccc1)N1CCOC(CNCc2ncc(Cl)s2)C1. The van der Waals surface area contributed by atoms with E-state index in [0.717, 1.165) is 10.6 Å². The van der Waals surface area contributed by atoms with E-state index in [1.807, 2.05) is 30.3 Å². The normalized spacial score (nSPS) is 17.5. The van der Waals surface area contributed by atoms with E-state index < -0.39 is 0 Å². The molecule has 6 nitrogen and oxygen atoms in total. The van der Waals surface area contributed by atoms with Gasteiger partial charge in [0.05, 0.1) is 25.5 Å². The lowest BCUT2D eigenvalue weighted by Gasteiger charge is -2.32. The summed E-state index contributed by atoms with van der Waals surface area (Å²) in [5.41, 5.74) is 0.976. The average molecular weight is 382 g/mol. The fourth-order valence-electron chi connectivity index (χ4n) is 2.53. The van der Waals surface area contributed by atoms with Gasteiger partial charge < -0.3 is 19.7 Å². The van der Waals surface area contributed by atoms with Crippen molar-refractivity contribution in [2.75, 3.05) is 26.2 Å². The summed E-state index contributed by atoms with van der Waals surface area (Å²) >= 11 is 7.31. The van der Waals surface area contributed by atoms with Crippen molar-refractivity contribution in [2.24, 2.45) is 0 Å². The monoisotopic (exact) mass is 381 g/mol. The Morgan fingerprint density at radius 2 is 2.28 bits per heavy atom. The molecule has 1 fully saturated rings. The zero-order valence-electron chi connectivity index (χ0n) is 13.7. The number of morpholine rings is 1. The molecule has 1 aliphatic rings. The third-order valence-electron chi connectivity index (χ3n) is 3.78.